The first-order valence-corrected chi connectivity index (χ1v) is 5.49. The van der Waals surface area contributed by atoms with E-state index in [2.05, 4.69) is 19.2 Å². The van der Waals surface area contributed by atoms with Gasteiger partial charge in [-0.1, -0.05) is 0 Å². The third-order valence-corrected chi connectivity index (χ3v) is 3.03. The number of nitrogens with one attached hydrogen (secondary N) is 1. The molecule has 0 saturated heterocycles. The molecular formula is C11H23NO2. The number of hydrogen-bond donors (Lipinski definition) is 2. The maximum Gasteiger partial charge on any atom is 0.0642 e. The summed E-state index contributed by atoms with van der Waals surface area (Å²) in [4.78, 5) is 0. The van der Waals surface area contributed by atoms with Crippen molar-refractivity contribution in [2.24, 2.45) is 5.92 Å². The van der Waals surface area contributed by atoms with Crippen LogP contribution in [0.4, 0.5) is 0 Å². The van der Waals surface area contributed by atoms with Gasteiger partial charge in [0.2, 0.25) is 0 Å². The Balaban J connectivity index is 2.39. The van der Waals surface area contributed by atoms with Gasteiger partial charge in [0.05, 0.1) is 6.61 Å². The van der Waals surface area contributed by atoms with E-state index in [1.165, 1.54) is 12.8 Å². The Bertz CT molecular complexity index is 163. The van der Waals surface area contributed by atoms with Crippen LogP contribution in [0.3, 0.4) is 0 Å². The van der Waals surface area contributed by atoms with Gasteiger partial charge in [-0.3, -0.25) is 0 Å². The van der Waals surface area contributed by atoms with Crippen LogP contribution in [-0.4, -0.2) is 37.0 Å². The van der Waals surface area contributed by atoms with Crippen LogP contribution in [0.5, 0.6) is 0 Å². The fourth-order valence-electron chi connectivity index (χ4n) is 2.02. The van der Waals surface area contributed by atoms with Gasteiger partial charge in [0, 0.05) is 25.3 Å². The maximum atomic E-state index is 9.00. The lowest BCUT2D eigenvalue weighted by Gasteiger charge is -2.33. The van der Waals surface area contributed by atoms with Crippen LogP contribution >= 0.6 is 0 Å². The third-order valence-electron chi connectivity index (χ3n) is 3.03. The third kappa shape index (κ3) is 3.56. The lowest BCUT2D eigenvalue weighted by molar-refractivity contribution is 0.0892. The average molecular weight is 201 g/mol. The molecule has 0 aromatic rings. The Hall–Kier alpha value is -0.120. The highest BCUT2D eigenvalue weighted by Crippen LogP contribution is 2.33. The molecule has 2 N–H and O–H groups in total. The van der Waals surface area contributed by atoms with Crippen molar-refractivity contribution >= 4 is 0 Å². The first-order valence-electron chi connectivity index (χ1n) is 5.49. The average Bonchev–Trinajstić information content (AvgIpc) is 2.85. The molecule has 0 spiro atoms. The van der Waals surface area contributed by atoms with E-state index in [9.17, 15) is 0 Å². The summed E-state index contributed by atoms with van der Waals surface area (Å²) in [5.41, 5.74) is -0.0779. The molecule has 0 bridgehead atoms. The van der Waals surface area contributed by atoms with Crippen molar-refractivity contribution in [2.45, 2.75) is 44.7 Å². The van der Waals surface area contributed by atoms with Crippen LogP contribution < -0.4 is 5.32 Å². The Morgan fingerprint density at radius 3 is 2.64 bits per heavy atom. The highest BCUT2D eigenvalue weighted by atomic mass is 16.5. The zero-order chi connectivity index (χ0) is 10.6. The molecule has 1 aliphatic carbocycles. The standard InChI is InChI=1S/C11H23NO2/c1-9(10-4-5-10)12-11(2,6-7-13)8-14-3/h9-10,12-13H,4-8H2,1-3H3. The van der Waals surface area contributed by atoms with Gasteiger partial charge in [0.25, 0.3) is 0 Å². The molecule has 1 aliphatic rings. The summed E-state index contributed by atoms with van der Waals surface area (Å²) in [6.07, 6.45) is 3.44. The first-order chi connectivity index (χ1) is 6.61. The molecule has 0 aromatic heterocycles. The summed E-state index contributed by atoms with van der Waals surface area (Å²) >= 11 is 0. The largest absolute Gasteiger partial charge is 0.396 e. The van der Waals surface area contributed by atoms with Gasteiger partial charge in [0.1, 0.15) is 0 Å². The lowest BCUT2D eigenvalue weighted by Crippen LogP contribution is -2.51. The molecule has 3 heteroatoms. The van der Waals surface area contributed by atoms with E-state index in [4.69, 9.17) is 9.84 Å². The summed E-state index contributed by atoms with van der Waals surface area (Å²) in [5.74, 6) is 0.838. The van der Waals surface area contributed by atoms with E-state index in [1.54, 1.807) is 7.11 Å². The minimum atomic E-state index is -0.0779. The van der Waals surface area contributed by atoms with Gasteiger partial charge in [-0.25, -0.2) is 0 Å². The molecule has 84 valence electrons. The van der Waals surface area contributed by atoms with E-state index in [0.29, 0.717) is 12.6 Å². The van der Waals surface area contributed by atoms with Gasteiger partial charge in [-0.2, -0.15) is 0 Å². The van der Waals surface area contributed by atoms with Crippen molar-refractivity contribution in [3.63, 3.8) is 0 Å². The van der Waals surface area contributed by atoms with Crippen LogP contribution in [-0.2, 0) is 4.74 Å². The molecule has 0 aromatic carbocycles. The van der Waals surface area contributed by atoms with E-state index >= 15 is 0 Å². The molecule has 1 saturated carbocycles. The van der Waals surface area contributed by atoms with Gasteiger partial charge in [-0.05, 0) is 39.0 Å². The van der Waals surface area contributed by atoms with Crippen molar-refractivity contribution in [1.82, 2.24) is 5.32 Å². The summed E-state index contributed by atoms with van der Waals surface area (Å²) in [5, 5.41) is 12.6. The van der Waals surface area contributed by atoms with Crippen molar-refractivity contribution < 1.29 is 9.84 Å². The van der Waals surface area contributed by atoms with Crippen molar-refractivity contribution in [2.75, 3.05) is 20.3 Å². The topological polar surface area (TPSA) is 41.5 Å². The Morgan fingerprint density at radius 2 is 2.21 bits per heavy atom. The van der Waals surface area contributed by atoms with Crippen LogP contribution in [0, 0.1) is 5.92 Å². The van der Waals surface area contributed by atoms with Crippen LogP contribution in [0.25, 0.3) is 0 Å². The fraction of sp³-hybridized carbons (Fsp3) is 1.00. The minimum absolute atomic E-state index is 0.0779. The summed E-state index contributed by atoms with van der Waals surface area (Å²) in [6, 6.07) is 0.543. The van der Waals surface area contributed by atoms with E-state index in [-0.39, 0.29) is 12.1 Å². The smallest absolute Gasteiger partial charge is 0.0642 e. The van der Waals surface area contributed by atoms with Crippen LogP contribution in [0.15, 0.2) is 0 Å². The van der Waals surface area contributed by atoms with E-state index in [0.717, 1.165) is 12.3 Å². The van der Waals surface area contributed by atoms with E-state index < -0.39 is 0 Å². The Labute approximate surface area is 86.8 Å². The number of aliphatic hydroxyl groups is 1. The predicted molar refractivity (Wildman–Crippen MR) is 57.3 cm³/mol. The Kier molecular flexibility index (Phi) is 4.35. The highest BCUT2D eigenvalue weighted by Gasteiger charge is 2.33. The van der Waals surface area contributed by atoms with Crippen molar-refractivity contribution in [3.05, 3.63) is 0 Å². The second-order valence-electron chi connectivity index (χ2n) is 4.74. The number of aliphatic hydroxyl groups excluding tert-OH is 1. The molecule has 1 fully saturated rings. The molecule has 0 radical (unpaired) electrons. The molecule has 2 unspecified atom stereocenters. The Morgan fingerprint density at radius 1 is 1.57 bits per heavy atom. The first kappa shape index (κ1) is 12.0. The minimum Gasteiger partial charge on any atom is -0.396 e. The fourth-order valence-corrected chi connectivity index (χ4v) is 2.02. The molecular weight excluding hydrogens is 178 g/mol. The summed E-state index contributed by atoms with van der Waals surface area (Å²) in [7, 11) is 1.71. The molecule has 14 heavy (non-hydrogen) atoms. The second kappa shape index (κ2) is 5.10. The summed E-state index contributed by atoms with van der Waals surface area (Å²) < 4.78 is 5.19. The zero-order valence-electron chi connectivity index (χ0n) is 9.55. The normalized spacial score (nSPS) is 23.1. The van der Waals surface area contributed by atoms with Crippen molar-refractivity contribution in [1.29, 1.82) is 0 Å². The predicted octanol–water partition coefficient (Wildman–Crippen LogP) is 1.16. The lowest BCUT2D eigenvalue weighted by atomic mass is 9.97. The number of rotatable bonds is 7. The molecule has 1 rings (SSSR count). The SMILES string of the molecule is COCC(C)(CCO)NC(C)C1CC1. The molecule has 0 heterocycles. The number of ether oxygens (including phenoxy) is 1. The van der Waals surface area contributed by atoms with Gasteiger partial charge < -0.3 is 15.2 Å². The van der Waals surface area contributed by atoms with Gasteiger partial charge in [0.15, 0.2) is 0 Å². The highest BCUT2D eigenvalue weighted by molar-refractivity contribution is 4.91. The number of hydrogen-bond acceptors (Lipinski definition) is 3. The molecule has 0 aliphatic heterocycles. The quantitative estimate of drug-likeness (QED) is 0.649. The van der Waals surface area contributed by atoms with E-state index in [1.807, 2.05) is 0 Å². The molecule has 2 atom stereocenters. The van der Waals surface area contributed by atoms with Crippen molar-refractivity contribution in [3.8, 4) is 0 Å². The van der Waals surface area contributed by atoms with Gasteiger partial charge in [-0.15, -0.1) is 0 Å². The van der Waals surface area contributed by atoms with Crippen LogP contribution in [0.2, 0.25) is 0 Å². The monoisotopic (exact) mass is 201 g/mol. The molecule has 3 nitrogen and oxygen atoms in total. The maximum absolute atomic E-state index is 9.00. The molecule has 0 amide bonds. The zero-order valence-corrected chi connectivity index (χ0v) is 9.55. The summed E-state index contributed by atoms with van der Waals surface area (Å²) in [6.45, 7) is 5.21. The van der Waals surface area contributed by atoms with Gasteiger partial charge >= 0.3 is 0 Å². The second-order valence-corrected chi connectivity index (χ2v) is 4.74. The number of methoxy groups -OCH3 is 1. The van der Waals surface area contributed by atoms with Crippen LogP contribution in [0.1, 0.15) is 33.1 Å².